The molecule has 2 aromatic carbocycles. The van der Waals surface area contributed by atoms with E-state index in [2.05, 4.69) is 0 Å². The van der Waals surface area contributed by atoms with Crippen LogP contribution in [-0.4, -0.2) is 4.92 Å². The first-order valence-corrected chi connectivity index (χ1v) is 6.36. The molecule has 0 atom stereocenters. The summed E-state index contributed by atoms with van der Waals surface area (Å²) in [5, 5.41) is 10.5. The van der Waals surface area contributed by atoms with Gasteiger partial charge in [0.05, 0.1) is 4.92 Å². The van der Waals surface area contributed by atoms with Crippen LogP contribution in [0.15, 0.2) is 47.4 Å². The Bertz CT molecular complexity index is 602. The minimum atomic E-state index is -0.614. The molecule has 6 heteroatoms. The number of nitrogens with zero attached hydrogens (tertiary/aromatic N) is 1. The van der Waals surface area contributed by atoms with E-state index < -0.39 is 16.6 Å². The maximum atomic E-state index is 13.4. The molecule has 0 aliphatic heterocycles. The number of benzene rings is 2. The summed E-state index contributed by atoms with van der Waals surface area (Å²) in [6.07, 6.45) is 0. The first-order chi connectivity index (χ1) is 9.06. The minimum absolute atomic E-state index is 0.0155. The van der Waals surface area contributed by atoms with Crippen LogP contribution in [0.1, 0.15) is 5.56 Å². The fraction of sp³-hybridized carbons (Fsp3) is 0.0769. The van der Waals surface area contributed by atoms with Crippen LogP contribution in [0.4, 0.5) is 14.5 Å². The summed E-state index contributed by atoms with van der Waals surface area (Å²) >= 11 is 1.21. The summed E-state index contributed by atoms with van der Waals surface area (Å²) in [6, 6.07) is 9.44. The van der Waals surface area contributed by atoms with Crippen LogP contribution < -0.4 is 0 Å². The van der Waals surface area contributed by atoms with Gasteiger partial charge in [0.1, 0.15) is 11.6 Å². The van der Waals surface area contributed by atoms with E-state index in [1.54, 1.807) is 12.1 Å². The first kappa shape index (κ1) is 13.5. The highest BCUT2D eigenvalue weighted by molar-refractivity contribution is 7.98. The average Bonchev–Trinajstić information content (AvgIpc) is 2.38. The van der Waals surface area contributed by atoms with Gasteiger partial charge in [-0.1, -0.05) is 12.1 Å². The van der Waals surface area contributed by atoms with Gasteiger partial charge in [0.25, 0.3) is 5.69 Å². The zero-order valence-electron chi connectivity index (χ0n) is 9.68. The van der Waals surface area contributed by atoms with E-state index >= 15 is 0 Å². The quantitative estimate of drug-likeness (QED) is 0.480. The van der Waals surface area contributed by atoms with Crippen molar-refractivity contribution in [1.82, 2.24) is 0 Å². The van der Waals surface area contributed by atoms with Crippen molar-refractivity contribution in [1.29, 1.82) is 0 Å². The highest BCUT2D eigenvalue weighted by Crippen LogP contribution is 2.26. The second kappa shape index (κ2) is 5.79. The van der Waals surface area contributed by atoms with E-state index in [0.29, 0.717) is 10.6 Å². The summed E-state index contributed by atoms with van der Waals surface area (Å²) in [5.41, 5.74) is 0.848. The molecular formula is C13H9F2NO2S. The van der Waals surface area contributed by atoms with Crippen molar-refractivity contribution in [2.24, 2.45) is 0 Å². The van der Waals surface area contributed by atoms with Crippen LogP contribution in [-0.2, 0) is 5.75 Å². The van der Waals surface area contributed by atoms with Crippen molar-refractivity contribution in [3.05, 3.63) is 69.8 Å². The molecular weight excluding hydrogens is 272 g/mol. The lowest BCUT2D eigenvalue weighted by Gasteiger charge is -2.03. The van der Waals surface area contributed by atoms with Crippen molar-refractivity contribution >= 4 is 17.4 Å². The van der Waals surface area contributed by atoms with Crippen molar-refractivity contribution in [2.75, 3.05) is 0 Å². The Morgan fingerprint density at radius 1 is 1.11 bits per heavy atom. The van der Waals surface area contributed by atoms with Crippen LogP contribution in [0.25, 0.3) is 0 Å². The molecule has 0 aliphatic rings. The summed E-state index contributed by atoms with van der Waals surface area (Å²) < 4.78 is 26.1. The molecule has 0 spiro atoms. The molecule has 0 fully saturated rings. The van der Waals surface area contributed by atoms with Gasteiger partial charge in [-0.25, -0.2) is 8.78 Å². The first-order valence-electron chi connectivity index (χ1n) is 5.37. The Kier molecular flexibility index (Phi) is 4.11. The third-order valence-electron chi connectivity index (χ3n) is 2.44. The standard InChI is InChI=1S/C13H9F2NO2S/c14-10-3-6-13(12(15)7-10)19-8-9-1-4-11(5-2-9)16(17)18/h1-7H,8H2. The van der Waals surface area contributed by atoms with Crippen molar-refractivity contribution < 1.29 is 13.7 Å². The van der Waals surface area contributed by atoms with E-state index in [4.69, 9.17) is 0 Å². The summed E-state index contributed by atoms with van der Waals surface area (Å²) in [4.78, 5) is 10.4. The highest BCUT2D eigenvalue weighted by atomic mass is 32.2. The number of rotatable bonds is 4. The van der Waals surface area contributed by atoms with Gasteiger partial charge in [0.2, 0.25) is 0 Å². The summed E-state index contributed by atoms with van der Waals surface area (Å²) in [5.74, 6) is -0.760. The second-order valence-electron chi connectivity index (χ2n) is 3.79. The maximum Gasteiger partial charge on any atom is 0.269 e. The zero-order valence-corrected chi connectivity index (χ0v) is 10.5. The Hall–Kier alpha value is -1.95. The fourth-order valence-corrected chi connectivity index (χ4v) is 2.34. The summed E-state index contributed by atoms with van der Waals surface area (Å²) in [6.45, 7) is 0. The molecule has 0 radical (unpaired) electrons. The molecule has 3 nitrogen and oxygen atoms in total. The molecule has 0 saturated heterocycles. The molecule has 0 bridgehead atoms. The van der Waals surface area contributed by atoms with Gasteiger partial charge in [0.15, 0.2) is 0 Å². The molecule has 0 amide bonds. The molecule has 98 valence electrons. The van der Waals surface area contributed by atoms with Gasteiger partial charge >= 0.3 is 0 Å². The zero-order chi connectivity index (χ0) is 13.8. The number of nitro groups is 1. The number of halogens is 2. The molecule has 2 rings (SSSR count). The Balaban J connectivity index is 2.04. The lowest BCUT2D eigenvalue weighted by Crippen LogP contribution is -1.89. The van der Waals surface area contributed by atoms with Crippen LogP contribution in [0.3, 0.4) is 0 Å². The van der Waals surface area contributed by atoms with E-state index in [0.717, 1.165) is 11.6 Å². The van der Waals surface area contributed by atoms with Gasteiger partial charge in [-0.2, -0.15) is 0 Å². The van der Waals surface area contributed by atoms with Crippen molar-refractivity contribution in [3.8, 4) is 0 Å². The van der Waals surface area contributed by atoms with Crippen LogP contribution in [0.2, 0.25) is 0 Å². The Labute approximate surface area is 112 Å². The lowest BCUT2D eigenvalue weighted by molar-refractivity contribution is -0.384. The van der Waals surface area contributed by atoms with E-state index in [1.807, 2.05) is 0 Å². The predicted octanol–water partition coefficient (Wildman–Crippen LogP) is 4.17. The smallest absolute Gasteiger partial charge is 0.258 e. The van der Waals surface area contributed by atoms with Gasteiger partial charge in [-0.15, -0.1) is 11.8 Å². The molecule has 0 saturated carbocycles. The topological polar surface area (TPSA) is 43.1 Å². The molecule has 0 unspecified atom stereocenters. The predicted molar refractivity (Wildman–Crippen MR) is 69.0 cm³/mol. The second-order valence-corrected chi connectivity index (χ2v) is 4.80. The Morgan fingerprint density at radius 2 is 1.79 bits per heavy atom. The molecule has 0 aliphatic carbocycles. The van der Waals surface area contributed by atoms with E-state index in [-0.39, 0.29) is 5.69 Å². The number of thioether (sulfide) groups is 1. The number of hydrogen-bond donors (Lipinski definition) is 0. The van der Waals surface area contributed by atoms with Crippen LogP contribution in [0, 0.1) is 21.7 Å². The van der Waals surface area contributed by atoms with Crippen LogP contribution in [0.5, 0.6) is 0 Å². The minimum Gasteiger partial charge on any atom is -0.258 e. The van der Waals surface area contributed by atoms with Crippen molar-refractivity contribution in [2.45, 2.75) is 10.6 Å². The fourth-order valence-electron chi connectivity index (χ4n) is 1.47. The van der Waals surface area contributed by atoms with E-state index in [1.165, 1.54) is 36.0 Å². The highest BCUT2D eigenvalue weighted by Gasteiger charge is 2.07. The molecule has 0 heterocycles. The average molecular weight is 281 g/mol. The lowest BCUT2D eigenvalue weighted by atomic mass is 10.2. The summed E-state index contributed by atoms with van der Waals surface area (Å²) in [7, 11) is 0. The number of nitro benzene ring substituents is 1. The molecule has 0 aromatic heterocycles. The Morgan fingerprint density at radius 3 is 2.37 bits per heavy atom. The number of hydrogen-bond acceptors (Lipinski definition) is 3. The van der Waals surface area contributed by atoms with Crippen LogP contribution >= 0.6 is 11.8 Å². The maximum absolute atomic E-state index is 13.4. The largest absolute Gasteiger partial charge is 0.269 e. The normalized spacial score (nSPS) is 10.4. The molecule has 2 aromatic rings. The third kappa shape index (κ3) is 3.51. The molecule has 0 N–H and O–H groups in total. The number of non-ortho nitro benzene ring substituents is 1. The third-order valence-corrected chi connectivity index (χ3v) is 3.56. The van der Waals surface area contributed by atoms with Crippen molar-refractivity contribution in [3.63, 3.8) is 0 Å². The van der Waals surface area contributed by atoms with E-state index in [9.17, 15) is 18.9 Å². The van der Waals surface area contributed by atoms with Gasteiger partial charge in [0, 0.05) is 28.8 Å². The molecule has 19 heavy (non-hydrogen) atoms. The SMILES string of the molecule is O=[N+]([O-])c1ccc(CSc2ccc(F)cc2F)cc1. The van der Waals surface area contributed by atoms with Gasteiger partial charge in [-0.3, -0.25) is 10.1 Å². The monoisotopic (exact) mass is 281 g/mol. The van der Waals surface area contributed by atoms with Gasteiger partial charge < -0.3 is 0 Å². The van der Waals surface area contributed by atoms with Gasteiger partial charge in [-0.05, 0) is 17.7 Å².